The van der Waals surface area contributed by atoms with E-state index in [1.165, 1.54) is 0 Å². The summed E-state index contributed by atoms with van der Waals surface area (Å²) in [6.45, 7) is 1.45. The highest BCUT2D eigenvalue weighted by Crippen LogP contribution is 2.34. The lowest BCUT2D eigenvalue weighted by molar-refractivity contribution is -0.543. The van der Waals surface area contributed by atoms with Gasteiger partial charge < -0.3 is 28.4 Å². The summed E-state index contributed by atoms with van der Waals surface area (Å²) in [5, 5.41) is 12.1. The molecule has 4 aromatic carbocycles. The zero-order valence-corrected chi connectivity index (χ0v) is 27.7. The Hall–Kier alpha value is -3.96. The normalized spacial score (nSPS) is 25.5. The second kappa shape index (κ2) is 18.2. The van der Waals surface area contributed by atoms with Crippen LogP contribution in [-0.4, -0.2) is 54.4 Å². The van der Waals surface area contributed by atoms with Crippen LogP contribution in [-0.2, 0) is 54.8 Å². The summed E-state index contributed by atoms with van der Waals surface area (Å²) < 4.78 is 39.7. The average molecular weight is 668 g/mol. The Labute approximate surface area is 288 Å². The molecule has 258 valence electrons. The molecule has 1 saturated carbocycles. The van der Waals surface area contributed by atoms with E-state index in [1.54, 1.807) is 0 Å². The third-order valence-electron chi connectivity index (χ3n) is 9.09. The van der Waals surface area contributed by atoms with Gasteiger partial charge in [0.25, 0.3) is 0 Å². The summed E-state index contributed by atoms with van der Waals surface area (Å²) >= 11 is 0. The van der Waals surface area contributed by atoms with Crippen molar-refractivity contribution in [1.29, 1.82) is 0 Å². The first kappa shape index (κ1) is 34.9. The van der Waals surface area contributed by atoms with Gasteiger partial charge in [-0.3, -0.25) is 10.1 Å². The quantitative estimate of drug-likeness (QED) is 0.0908. The van der Waals surface area contributed by atoms with E-state index >= 15 is 0 Å². The number of nitro groups is 1. The largest absolute Gasteiger partial charge is 0.374 e. The molecular weight excluding hydrogens is 622 g/mol. The zero-order chi connectivity index (χ0) is 33.7. The van der Waals surface area contributed by atoms with Gasteiger partial charge in [0.2, 0.25) is 6.04 Å². The van der Waals surface area contributed by atoms with Crippen molar-refractivity contribution in [1.82, 2.24) is 0 Å². The van der Waals surface area contributed by atoms with E-state index < -0.39 is 42.9 Å². The van der Waals surface area contributed by atoms with Gasteiger partial charge in [0, 0.05) is 11.3 Å². The summed E-state index contributed by atoms with van der Waals surface area (Å²) in [4.78, 5) is 11.9. The first-order valence-corrected chi connectivity index (χ1v) is 17.2. The third kappa shape index (κ3) is 10.0. The Morgan fingerprint density at radius 1 is 0.592 bits per heavy atom. The molecule has 2 fully saturated rings. The molecule has 9 heteroatoms. The highest BCUT2D eigenvalue weighted by Gasteiger charge is 2.51. The fraction of sp³-hybridized carbons (Fsp3) is 0.400. The van der Waals surface area contributed by atoms with Crippen molar-refractivity contribution < 1.29 is 33.3 Å². The van der Waals surface area contributed by atoms with Crippen molar-refractivity contribution in [3.05, 3.63) is 154 Å². The molecule has 0 aromatic heterocycles. The maximum Gasteiger partial charge on any atom is 0.238 e. The Morgan fingerprint density at radius 3 is 1.55 bits per heavy atom. The van der Waals surface area contributed by atoms with Gasteiger partial charge >= 0.3 is 0 Å². The van der Waals surface area contributed by atoms with E-state index in [9.17, 15) is 10.1 Å². The van der Waals surface area contributed by atoms with Crippen LogP contribution in [0.15, 0.2) is 121 Å². The smallest absolute Gasteiger partial charge is 0.238 e. The molecule has 7 atom stereocenters. The molecule has 2 unspecified atom stereocenters. The van der Waals surface area contributed by atoms with E-state index in [0.717, 1.165) is 35.1 Å². The van der Waals surface area contributed by atoms with Crippen LogP contribution >= 0.6 is 0 Å². The number of rotatable bonds is 16. The van der Waals surface area contributed by atoms with Gasteiger partial charge in [-0.1, -0.05) is 128 Å². The molecule has 2 aliphatic rings. The van der Waals surface area contributed by atoms with Crippen molar-refractivity contribution >= 4 is 0 Å². The van der Waals surface area contributed by atoms with Gasteiger partial charge in [-0.2, -0.15) is 0 Å². The van der Waals surface area contributed by atoms with Crippen molar-refractivity contribution in [2.75, 3.05) is 6.61 Å². The Kier molecular flexibility index (Phi) is 12.9. The predicted molar refractivity (Wildman–Crippen MR) is 184 cm³/mol. The molecule has 0 radical (unpaired) electrons. The van der Waals surface area contributed by atoms with Crippen LogP contribution in [0, 0.1) is 10.1 Å². The van der Waals surface area contributed by atoms with Gasteiger partial charge in [-0.15, -0.1) is 0 Å². The van der Waals surface area contributed by atoms with Crippen LogP contribution in [0.25, 0.3) is 0 Å². The molecule has 0 amide bonds. The average Bonchev–Trinajstić information content (AvgIpc) is 3.15. The second-order valence-corrected chi connectivity index (χ2v) is 12.6. The standard InChI is InChI=1S/C40H45NO8/c42-41(43)34-23-13-14-24-35(34)48-40-39(47-28-33-21-11-4-12-22-33)38(46-27-32-19-9-3-10-20-32)37(45-26-31-17-7-2-8-18-31)36(49-40)29-44-25-30-15-5-1-6-16-30/h1-12,15-22,34-40H,13-14,23-29H2/t34?,35?,36-,37-,38+,39-,40+/m1/s1. The molecule has 0 bridgehead atoms. The monoisotopic (exact) mass is 667 g/mol. The molecular formula is C40H45NO8. The maximum atomic E-state index is 12.1. The van der Waals surface area contributed by atoms with Crippen LogP contribution in [0.5, 0.6) is 0 Å². The van der Waals surface area contributed by atoms with Crippen LogP contribution in [0.1, 0.15) is 47.9 Å². The SMILES string of the molecule is O=[N+]([O-])C1CCCCC1O[C@H]1O[C@H](COCc2ccccc2)[C@@H](OCc2ccccc2)[C@H](OCc2ccccc2)[C@H]1OCc1ccccc1. The fourth-order valence-corrected chi connectivity index (χ4v) is 6.51. The lowest BCUT2D eigenvalue weighted by atomic mass is 9.92. The molecule has 1 aliphatic carbocycles. The molecule has 4 aromatic rings. The second-order valence-electron chi connectivity index (χ2n) is 12.6. The summed E-state index contributed by atoms with van der Waals surface area (Å²) in [6.07, 6.45) is -1.58. The van der Waals surface area contributed by atoms with E-state index in [-0.39, 0.29) is 18.1 Å². The first-order valence-electron chi connectivity index (χ1n) is 17.2. The number of hydrogen-bond donors (Lipinski definition) is 0. The molecule has 1 aliphatic heterocycles. The summed E-state index contributed by atoms with van der Waals surface area (Å²) in [5.74, 6) is 0. The minimum atomic E-state index is -0.961. The van der Waals surface area contributed by atoms with E-state index in [0.29, 0.717) is 32.7 Å². The summed E-state index contributed by atoms with van der Waals surface area (Å²) in [7, 11) is 0. The molecule has 0 spiro atoms. The number of hydrogen-bond acceptors (Lipinski definition) is 8. The van der Waals surface area contributed by atoms with Gasteiger partial charge in [0.05, 0.1) is 33.0 Å². The van der Waals surface area contributed by atoms with Crippen molar-refractivity contribution in [2.45, 2.75) is 95.0 Å². The third-order valence-corrected chi connectivity index (χ3v) is 9.09. The zero-order valence-electron chi connectivity index (χ0n) is 27.7. The minimum absolute atomic E-state index is 0.189. The van der Waals surface area contributed by atoms with E-state index in [2.05, 4.69) is 0 Å². The number of benzene rings is 4. The molecule has 9 nitrogen and oxygen atoms in total. The van der Waals surface area contributed by atoms with Gasteiger partial charge in [0.1, 0.15) is 30.5 Å². The number of ether oxygens (including phenoxy) is 6. The highest BCUT2D eigenvalue weighted by molar-refractivity contribution is 5.16. The number of nitrogens with zero attached hydrogens (tertiary/aromatic N) is 1. The van der Waals surface area contributed by atoms with Gasteiger partial charge in [-0.25, -0.2) is 0 Å². The minimum Gasteiger partial charge on any atom is -0.374 e. The highest BCUT2D eigenvalue weighted by atomic mass is 16.7. The lowest BCUT2D eigenvalue weighted by Gasteiger charge is -2.47. The Bertz CT molecular complexity index is 1530. The van der Waals surface area contributed by atoms with Crippen molar-refractivity contribution in [3.63, 3.8) is 0 Å². The fourth-order valence-electron chi connectivity index (χ4n) is 6.51. The summed E-state index contributed by atoms with van der Waals surface area (Å²) in [5.41, 5.74) is 4.00. The van der Waals surface area contributed by atoms with Gasteiger partial charge in [-0.05, 0) is 35.1 Å². The lowest BCUT2D eigenvalue weighted by Crippen LogP contribution is -2.62. The topological polar surface area (TPSA) is 98.5 Å². The Balaban J connectivity index is 1.32. The first-order chi connectivity index (χ1) is 24.1. The Morgan fingerprint density at radius 2 is 1.04 bits per heavy atom. The van der Waals surface area contributed by atoms with Gasteiger partial charge in [0.15, 0.2) is 6.29 Å². The van der Waals surface area contributed by atoms with Crippen LogP contribution in [0.2, 0.25) is 0 Å². The molecule has 1 saturated heterocycles. The molecule has 49 heavy (non-hydrogen) atoms. The van der Waals surface area contributed by atoms with E-state index in [4.69, 9.17) is 28.4 Å². The summed E-state index contributed by atoms with van der Waals surface area (Å²) in [6, 6.07) is 38.9. The maximum absolute atomic E-state index is 12.1. The predicted octanol–water partition coefficient (Wildman–Crippen LogP) is 7.29. The molecule has 6 rings (SSSR count). The molecule has 0 N–H and O–H groups in total. The molecule has 1 heterocycles. The van der Waals surface area contributed by atoms with Crippen LogP contribution < -0.4 is 0 Å². The van der Waals surface area contributed by atoms with E-state index in [1.807, 2.05) is 121 Å². The van der Waals surface area contributed by atoms with Crippen molar-refractivity contribution in [3.8, 4) is 0 Å². The van der Waals surface area contributed by atoms with Crippen LogP contribution in [0.3, 0.4) is 0 Å². The van der Waals surface area contributed by atoms with Crippen molar-refractivity contribution in [2.24, 2.45) is 0 Å². The van der Waals surface area contributed by atoms with Crippen LogP contribution in [0.4, 0.5) is 0 Å².